The summed E-state index contributed by atoms with van der Waals surface area (Å²) in [7, 11) is -2.53. The normalized spacial score (nSPS) is 13.3. The number of sulfonamides is 1. The van der Waals surface area contributed by atoms with Crippen molar-refractivity contribution in [3.8, 4) is 0 Å². The van der Waals surface area contributed by atoms with Crippen molar-refractivity contribution in [2.75, 3.05) is 13.7 Å². The topological polar surface area (TPSA) is 101 Å². The summed E-state index contributed by atoms with van der Waals surface area (Å²) in [6.45, 7) is 1.48. The Morgan fingerprint density at radius 1 is 1.65 bits per heavy atom. The minimum absolute atomic E-state index is 0.200. The summed E-state index contributed by atoms with van der Waals surface area (Å²) in [5, 5.41) is -1.21. The molecule has 0 aliphatic heterocycles. The predicted octanol–water partition coefficient (Wildman–Crippen LogP) is -0.567. The number of carbonyl (C=O) groups excluding carboxylic acids is 1. The molecule has 2 N–H and O–H groups in total. The van der Waals surface area contributed by atoms with E-state index in [0.717, 1.165) is 12.8 Å². The lowest BCUT2D eigenvalue weighted by Crippen LogP contribution is -2.39. The van der Waals surface area contributed by atoms with Crippen LogP contribution in [0, 0.1) is 0 Å². The van der Waals surface area contributed by atoms with Crippen molar-refractivity contribution in [3.63, 3.8) is 0 Å². The Morgan fingerprint density at radius 3 is 2.88 bits per heavy atom. The summed E-state index contributed by atoms with van der Waals surface area (Å²) in [5.41, 5.74) is 0.818. The second-order valence-electron chi connectivity index (χ2n) is 3.43. The van der Waals surface area contributed by atoms with E-state index < -0.39 is 21.2 Å². The molecule has 0 amide bonds. The second-order valence-corrected chi connectivity index (χ2v) is 5.52. The molecule has 96 valence electrons. The molecule has 0 spiro atoms. The van der Waals surface area contributed by atoms with Gasteiger partial charge in [-0.05, 0) is 6.92 Å². The zero-order chi connectivity index (χ0) is 12.9. The fourth-order valence-corrected chi connectivity index (χ4v) is 2.15. The molecule has 0 aliphatic carbocycles. The molecule has 1 atom stereocenters. The summed E-state index contributed by atoms with van der Waals surface area (Å²) >= 11 is 0. The van der Waals surface area contributed by atoms with E-state index in [9.17, 15) is 13.2 Å². The van der Waals surface area contributed by atoms with Gasteiger partial charge in [0.15, 0.2) is 5.25 Å². The van der Waals surface area contributed by atoms with Gasteiger partial charge in [-0.25, -0.2) is 18.1 Å². The lowest BCUT2D eigenvalue weighted by atomic mass is 10.3. The van der Waals surface area contributed by atoms with Gasteiger partial charge in [-0.2, -0.15) is 0 Å². The van der Waals surface area contributed by atoms with Crippen molar-refractivity contribution >= 4 is 16.0 Å². The van der Waals surface area contributed by atoms with Gasteiger partial charge in [0.25, 0.3) is 0 Å². The molecule has 0 aliphatic rings. The predicted molar refractivity (Wildman–Crippen MR) is 60.7 cm³/mol. The lowest BCUT2D eigenvalue weighted by Gasteiger charge is -2.11. The van der Waals surface area contributed by atoms with Crippen LogP contribution in [0.5, 0.6) is 0 Å². The highest BCUT2D eigenvalue weighted by Crippen LogP contribution is 2.01. The van der Waals surface area contributed by atoms with Crippen molar-refractivity contribution < 1.29 is 17.9 Å². The molecule has 0 saturated heterocycles. The van der Waals surface area contributed by atoms with Crippen LogP contribution in [-0.4, -0.2) is 43.3 Å². The fraction of sp³-hybridized carbons (Fsp3) is 0.556. The number of rotatable bonds is 6. The Kier molecular flexibility index (Phi) is 4.64. The van der Waals surface area contributed by atoms with Crippen LogP contribution in [0.25, 0.3) is 0 Å². The summed E-state index contributed by atoms with van der Waals surface area (Å²) in [4.78, 5) is 17.7. The third-order valence-corrected chi connectivity index (χ3v) is 3.98. The average molecular weight is 261 g/mol. The van der Waals surface area contributed by atoms with Crippen LogP contribution in [-0.2, 0) is 26.0 Å². The number of aromatic nitrogens is 2. The van der Waals surface area contributed by atoms with Gasteiger partial charge in [0.05, 0.1) is 13.4 Å². The average Bonchev–Trinajstić information content (AvgIpc) is 2.79. The van der Waals surface area contributed by atoms with Crippen molar-refractivity contribution in [1.29, 1.82) is 0 Å². The van der Waals surface area contributed by atoms with Crippen LogP contribution in [0.4, 0.5) is 0 Å². The maximum absolute atomic E-state index is 11.6. The van der Waals surface area contributed by atoms with Crippen LogP contribution in [0.1, 0.15) is 12.6 Å². The van der Waals surface area contributed by atoms with E-state index >= 15 is 0 Å². The minimum Gasteiger partial charge on any atom is -0.468 e. The highest BCUT2D eigenvalue weighted by Gasteiger charge is 2.28. The van der Waals surface area contributed by atoms with Crippen LogP contribution in [0.2, 0.25) is 0 Å². The third kappa shape index (κ3) is 3.82. The Labute approximate surface area is 99.6 Å². The monoisotopic (exact) mass is 261 g/mol. The van der Waals surface area contributed by atoms with Crippen molar-refractivity contribution in [2.24, 2.45) is 0 Å². The van der Waals surface area contributed by atoms with Gasteiger partial charge >= 0.3 is 5.97 Å². The quantitative estimate of drug-likeness (QED) is 0.668. The molecule has 0 fully saturated rings. The van der Waals surface area contributed by atoms with Crippen molar-refractivity contribution in [1.82, 2.24) is 14.7 Å². The number of H-pyrrole nitrogens is 1. The number of imidazole rings is 1. The van der Waals surface area contributed by atoms with Crippen molar-refractivity contribution in [3.05, 3.63) is 18.2 Å². The smallest absolute Gasteiger partial charge is 0.325 e. The first-order valence-electron chi connectivity index (χ1n) is 5.01. The number of hydrogen-bond acceptors (Lipinski definition) is 5. The molecule has 1 rings (SSSR count). The molecule has 1 heterocycles. The number of carbonyl (C=O) groups is 1. The largest absolute Gasteiger partial charge is 0.468 e. The Bertz CT molecular complexity index is 455. The van der Waals surface area contributed by atoms with Crippen LogP contribution < -0.4 is 4.72 Å². The van der Waals surface area contributed by atoms with Gasteiger partial charge in [0.2, 0.25) is 10.0 Å². The Balaban J connectivity index is 2.47. The Morgan fingerprint density at radius 2 is 2.35 bits per heavy atom. The summed E-state index contributed by atoms with van der Waals surface area (Å²) in [6.07, 6.45) is 3.60. The summed E-state index contributed by atoms with van der Waals surface area (Å²) < 4.78 is 30.0. The maximum atomic E-state index is 11.6. The molecule has 0 bridgehead atoms. The number of aromatic amines is 1. The van der Waals surface area contributed by atoms with E-state index in [2.05, 4.69) is 19.4 Å². The molecule has 0 radical (unpaired) electrons. The van der Waals surface area contributed by atoms with E-state index in [0.29, 0.717) is 6.42 Å². The number of methoxy groups -OCH3 is 1. The van der Waals surface area contributed by atoms with Gasteiger partial charge in [0, 0.05) is 24.9 Å². The maximum Gasteiger partial charge on any atom is 0.325 e. The van der Waals surface area contributed by atoms with Gasteiger partial charge in [-0.1, -0.05) is 0 Å². The first-order valence-corrected chi connectivity index (χ1v) is 6.55. The van der Waals surface area contributed by atoms with E-state index in [1.54, 1.807) is 6.20 Å². The van der Waals surface area contributed by atoms with E-state index in [-0.39, 0.29) is 6.54 Å². The molecule has 7 nitrogen and oxygen atoms in total. The summed E-state index contributed by atoms with van der Waals surface area (Å²) in [5.74, 6) is -0.779. The number of esters is 1. The first-order chi connectivity index (χ1) is 7.97. The summed E-state index contributed by atoms with van der Waals surface area (Å²) in [6, 6.07) is 0. The zero-order valence-electron chi connectivity index (χ0n) is 9.63. The molecule has 1 unspecified atom stereocenters. The number of nitrogens with zero attached hydrogens (tertiary/aromatic N) is 1. The fourth-order valence-electron chi connectivity index (χ4n) is 1.17. The highest BCUT2D eigenvalue weighted by atomic mass is 32.2. The number of hydrogen-bond donors (Lipinski definition) is 2. The van der Waals surface area contributed by atoms with E-state index in [1.165, 1.54) is 13.3 Å². The molecule has 17 heavy (non-hydrogen) atoms. The van der Waals surface area contributed by atoms with Crippen LogP contribution in [0.3, 0.4) is 0 Å². The van der Waals surface area contributed by atoms with Crippen LogP contribution >= 0.6 is 0 Å². The third-order valence-electron chi connectivity index (χ3n) is 2.25. The van der Waals surface area contributed by atoms with Gasteiger partial charge in [0.1, 0.15) is 0 Å². The number of nitrogens with one attached hydrogen (secondary N) is 2. The molecular formula is C9H15N3O4S. The lowest BCUT2D eigenvalue weighted by molar-refractivity contribution is -0.139. The number of ether oxygens (including phenoxy) is 1. The molecule has 1 aromatic heterocycles. The Hall–Kier alpha value is -1.41. The molecule has 0 saturated carbocycles. The van der Waals surface area contributed by atoms with Gasteiger partial charge in [-0.3, -0.25) is 4.79 Å². The standard InChI is InChI=1S/C9H15N3O4S/c1-7(9(13)16-2)17(14,15)12-4-3-8-5-10-6-11-8/h5-7,12H,3-4H2,1-2H3,(H,10,11). The molecule has 0 aromatic carbocycles. The second kappa shape index (κ2) is 5.78. The molecular weight excluding hydrogens is 246 g/mol. The highest BCUT2D eigenvalue weighted by molar-refractivity contribution is 7.90. The van der Waals surface area contributed by atoms with Gasteiger partial charge < -0.3 is 9.72 Å². The first kappa shape index (κ1) is 13.7. The van der Waals surface area contributed by atoms with Gasteiger partial charge in [-0.15, -0.1) is 0 Å². The van der Waals surface area contributed by atoms with E-state index in [1.807, 2.05) is 0 Å². The zero-order valence-corrected chi connectivity index (χ0v) is 10.5. The molecule has 8 heteroatoms. The van der Waals surface area contributed by atoms with Crippen molar-refractivity contribution in [2.45, 2.75) is 18.6 Å². The van der Waals surface area contributed by atoms with Crippen LogP contribution in [0.15, 0.2) is 12.5 Å². The minimum atomic E-state index is -3.68. The van der Waals surface area contributed by atoms with E-state index in [4.69, 9.17) is 0 Å². The molecule has 1 aromatic rings. The SMILES string of the molecule is COC(=O)C(C)S(=O)(=O)NCCc1cnc[nH]1.